The Labute approximate surface area is 538 Å². The first-order chi connectivity index (χ1) is 43.4. The Morgan fingerprint density at radius 1 is 0.374 bits per heavy atom. The zero-order chi connectivity index (χ0) is 64.7. The molecule has 1 aliphatic carbocycles. The van der Waals surface area contributed by atoms with E-state index in [-0.39, 0.29) is 11.8 Å². The van der Waals surface area contributed by atoms with E-state index in [1.807, 2.05) is 26.2 Å². The molecule has 1 fully saturated rings. The number of fused-ring (bicyclic) bond motifs is 3. The van der Waals surface area contributed by atoms with Gasteiger partial charge < -0.3 is 0 Å². The van der Waals surface area contributed by atoms with Crippen molar-refractivity contribution >= 4 is 32.3 Å². The quantitative estimate of drug-likeness (QED) is 0.131. The second kappa shape index (κ2) is 26.2. The molecule has 0 unspecified atom stereocenters. The smallest absolute Gasteiger partial charge is 0.213 e. The minimum absolute atomic E-state index is 0.260. The van der Waals surface area contributed by atoms with Crippen LogP contribution in [0.25, 0.3) is 100 Å². The Kier molecular flexibility index (Phi) is 18.2. The van der Waals surface area contributed by atoms with Gasteiger partial charge in [-0.25, -0.2) is 43.6 Å². The maximum atomic E-state index is 4.78. The van der Waals surface area contributed by atoms with Gasteiger partial charge in [0.1, 0.15) is 44.4 Å². The van der Waals surface area contributed by atoms with Crippen molar-refractivity contribution in [1.82, 2.24) is 39.9 Å². The summed E-state index contributed by atoms with van der Waals surface area (Å²) in [6, 6.07) is 39.9. The number of aromatic nitrogens is 11. The Balaban J connectivity index is 0.000000140. The summed E-state index contributed by atoms with van der Waals surface area (Å²) in [6.45, 7) is 32.0. The van der Waals surface area contributed by atoms with Gasteiger partial charge in [0, 0.05) is 91.7 Å². The van der Waals surface area contributed by atoms with Crippen molar-refractivity contribution in [1.29, 1.82) is 0 Å². The minimum Gasteiger partial charge on any atom is -0.257 e. The fourth-order valence-electron chi connectivity index (χ4n) is 12.9. The molecule has 0 atom stereocenters. The van der Waals surface area contributed by atoms with Gasteiger partial charge in [0.15, 0.2) is 30.2 Å². The molecule has 13 rings (SSSR count). The molecule has 0 saturated heterocycles. The first kappa shape index (κ1) is 63.2. The fraction of sp³-hybridized carbons (Fsp3) is 0.312. The summed E-state index contributed by atoms with van der Waals surface area (Å²) < 4.78 is 6.67. The van der Waals surface area contributed by atoms with Crippen LogP contribution in [0.5, 0.6) is 0 Å². The highest BCUT2D eigenvalue weighted by Gasteiger charge is 2.23. The molecule has 0 spiro atoms. The van der Waals surface area contributed by atoms with Crippen LogP contribution in [0.4, 0.5) is 0 Å². The Bertz CT molecular complexity index is 4720. The number of hydrogen-bond donors (Lipinski definition) is 0. The van der Waals surface area contributed by atoms with Gasteiger partial charge in [0.05, 0.1) is 17.6 Å². The lowest BCUT2D eigenvalue weighted by Gasteiger charge is -2.12. The van der Waals surface area contributed by atoms with Crippen molar-refractivity contribution in [3.05, 3.63) is 219 Å². The highest BCUT2D eigenvalue weighted by molar-refractivity contribution is 5.90. The van der Waals surface area contributed by atoms with E-state index in [2.05, 4.69) is 273 Å². The molecule has 6 heterocycles. The molecule has 1 saturated carbocycles. The summed E-state index contributed by atoms with van der Waals surface area (Å²) in [5.41, 5.74) is 24.7. The van der Waals surface area contributed by atoms with Crippen LogP contribution in [0.15, 0.2) is 140 Å². The standard InChI is InChI=1S/C28H33N4.C28H30N3.C24H25N4/c1-16(2)26-29-27(17(3)4)31-28(30-26)22-10-9-21-14-25(32(8)15-23(21)13-22)24-12-18(5)11-19(6)20(24)7;1-18-11-19(2)20(3)25(12-18)28-14-22-9-10-23(13-24(22)17-31(28)4)27-16-29-26(15-30-27)21-7-5-6-8-21;1-14-9-15(2)16(3)22(10-14)23-12-19-7-8-20(11-21(19)13-28(23)6)24-26-17(4)25-18(5)27-24/h9-17H,1-8H3;9-17,21H,5-8H2,1-4H3;7-13H,1-6H3/q3*+1. The van der Waals surface area contributed by atoms with E-state index < -0.39 is 0 Å². The molecule has 0 N–H and O–H groups in total. The molecule has 0 bridgehead atoms. The number of benzene rings is 6. The van der Waals surface area contributed by atoms with E-state index in [0.29, 0.717) is 5.92 Å². The number of nitrogens with zero attached hydrogens (tertiary/aromatic N) is 11. The second-order valence-electron chi connectivity index (χ2n) is 26.3. The first-order valence-corrected chi connectivity index (χ1v) is 32.3. The lowest BCUT2D eigenvalue weighted by molar-refractivity contribution is -0.659. The van der Waals surface area contributed by atoms with Crippen LogP contribution < -0.4 is 13.7 Å². The Hall–Kier alpha value is -9.35. The van der Waals surface area contributed by atoms with E-state index in [0.717, 1.165) is 63.0 Å². The van der Waals surface area contributed by atoms with E-state index >= 15 is 0 Å². The zero-order valence-corrected chi connectivity index (χ0v) is 56.8. The van der Waals surface area contributed by atoms with Gasteiger partial charge in [-0.2, -0.15) is 0 Å². The first-order valence-electron chi connectivity index (χ1n) is 32.3. The fourth-order valence-corrected chi connectivity index (χ4v) is 12.9. The van der Waals surface area contributed by atoms with Gasteiger partial charge >= 0.3 is 0 Å². The highest BCUT2D eigenvalue weighted by atomic mass is 15.0. The predicted octanol–water partition coefficient (Wildman–Crippen LogP) is 17.5. The van der Waals surface area contributed by atoms with Crippen LogP contribution in [-0.2, 0) is 21.1 Å². The zero-order valence-electron chi connectivity index (χ0n) is 56.8. The average Bonchev–Trinajstić information content (AvgIpc) is 1.34. The van der Waals surface area contributed by atoms with Gasteiger partial charge in [0.2, 0.25) is 17.1 Å². The van der Waals surface area contributed by atoms with Crippen molar-refractivity contribution < 1.29 is 13.7 Å². The van der Waals surface area contributed by atoms with E-state index in [1.165, 1.54) is 142 Å². The average molecular weight is 1200 g/mol. The summed E-state index contributed by atoms with van der Waals surface area (Å²) in [6.07, 6.45) is 15.7. The summed E-state index contributed by atoms with van der Waals surface area (Å²) in [5, 5.41) is 7.22. The molecule has 0 amide bonds. The molecular formula is C80H88N11+3. The van der Waals surface area contributed by atoms with Crippen molar-refractivity contribution in [3.8, 4) is 67.8 Å². The third kappa shape index (κ3) is 13.7. The second-order valence-corrected chi connectivity index (χ2v) is 26.3. The summed E-state index contributed by atoms with van der Waals surface area (Å²) in [4.78, 5) is 37.0. The third-order valence-corrected chi connectivity index (χ3v) is 18.4. The van der Waals surface area contributed by atoms with Gasteiger partial charge in [-0.1, -0.05) is 112 Å². The van der Waals surface area contributed by atoms with Gasteiger partial charge in [-0.05, 0) is 175 Å². The maximum Gasteiger partial charge on any atom is 0.213 e. The normalized spacial score (nSPS) is 12.5. The molecular weight excluding hydrogens is 1110 g/mol. The topological polar surface area (TPSA) is 115 Å². The molecule has 11 nitrogen and oxygen atoms in total. The van der Waals surface area contributed by atoms with Crippen LogP contribution >= 0.6 is 0 Å². The van der Waals surface area contributed by atoms with E-state index in [4.69, 9.17) is 19.9 Å². The number of pyridine rings is 3. The van der Waals surface area contributed by atoms with Gasteiger partial charge in [0.25, 0.3) is 0 Å². The predicted molar refractivity (Wildman–Crippen MR) is 372 cm³/mol. The molecule has 460 valence electrons. The van der Waals surface area contributed by atoms with Gasteiger partial charge in [-0.15, -0.1) is 0 Å². The van der Waals surface area contributed by atoms with Crippen molar-refractivity contribution in [2.24, 2.45) is 21.1 Å². The number of aryl methyl sites for hydroxylation is 11. The largest absolute Gasteiger partial charge is 0.257 e. The SMILES string of the molecule is Cc1cc(C)c(C)c(-c2cc3ccc(-c4cnc(C5CCCC5)cn4)cc3c[n+]2C)c1.Cc1cc(C)c(C)c(-c2cc3ccc(-c4nc(C(C)C)nc(C(C)C)n4)cc3c[n+]2C)c1.Cc1cc(C)c(C)c(-c2cc3ccc(-c4nc(C)nc(C)n4)cc3c[n+]2C)c1. The number of rotatable bonds is 9. The molecule has 91 heavy (non-hydrogen) atoms. The van der Waals surface area contributed by atoms with Crippen LogP contribution in [0.2, 0.25) is 0 Å². The molecule has 0 aliphatic heterocycles. The summed E-state index contributed by atoms with van der Waals surface area (Å²) in [5.74, 6) is 5.80. The third-order valence-electron chi connectivity index (χ3n) is 18.4. The Morgan fingerprint density at radius 2 is 0.747 bits per heavy atom. The van der Waals surface area contributed by atoms with Crippen LogP contribution in [0.3, 0.4) is 0 Å². The van der Waals surface area contributed by atoms with E-state index in [1.54, 1.807) is 0 Å². The van der Waals surface area contributed by atoms with Crippen molar-refractivity contribution in [2.75, 3.05) is 0 Å². The molecule has 6 aromatic heterocycles. The van der Waals surface area contributed by atoms with Crippen molar-refractivity contribution in [2.45, 2.75) is 147 Å². The van der Waals surface area contributed by atoms with Gasteiger partial charge in [-0.3, -0.25) is 9.97 Å². The van der Waals surface area contributed by atoms with Crippen LogP contribution in [0, 0.1) is 76.2 Å². The van der Waals surface area contributed by atoms with E-state index in [9.17, 15) is 0 Å². The summed E-state index contributed by atoms with van der Waals surface area (Å²) in [7, 11) is 6.36. The number of hydrogen-bond acceptors (Lipinski definition) is 8. The minimum atomic E-state index is 0.260. The lowest BCUT2D eigenvalue weighted by Crippen LogP contribution is -2.30. The monoisotopic (exact) mass is 1200 g/mol. The molecule has 6 aromatic carbocycles. The maximum absolute atomic E-state index is 4.78. The van der Waals surface area contributed by atoms with Crippen LogP contribution in [0.1, 0.15) is 150 Å². The molecule has 11 heteroatoms. The Morgan fingerprint density at radius 3 is 1.12 bits per heavy atom. The van der Waals surface area contributed by atoms with Crippen LogP contribution in [-0.4, -0.2) is 39.9 Å². The molecule has 1 aliphatic rings. The summed E-state index contributed by atoms with van der Waals surface area (Å²) >= 11 is 0. The lowest BCUT2D eigenvalue weighted by atomic mass is 9.96. The van der Waals surface area contributed by atoms with Crippen molar-refractivity contribution in [3.63, 3.8) is 0 Å². The highest BCUT2D eigenvalue weighted by Crippen LogP contribution is 2.35. The molecule has 0 radical (unpaired) electrons. The molecule has 12 aromatic rings.